The molecule has 0 aromatic heterocycles. The van der Waals surface area contributed by atoms with Crippen molar-refractivity contribution in [2.24, 2.45) is 0 Å². The predicted octanol–water partition coefficient (Wildman–Crippen LogP) is 1.34. The molecule has 1 aliphatic rings. The highest BCUT2D eigenvalue weighted by Gasteiger charge is 2.33. The number of phenolic OH excluding ortho intramolecular Hbond substituents is 1. The van der Waals surface area contributed by atoms with Gasteiger partial charge in [0.25, 0.3) is 5.91 Å². The van der Waals surface area contributed by atoms with E-state index >= 15 is 0 Å². The molecule has 0 aliphatic carbocycles. The Morgan fingerprint density at radius 2 is 2.16 bits per heavy atom. The maximum atomic E-state index is 12.4. The average Bonchev–Trinajstić information content (AvgIpc) is 2.41. The zero-order chi connectivity index (χ0) is 14.0. The Bertz CT molecular complexity index is 517. The number of rotatable bonds is 2. The van der Waals surface area contributed by atoms with Gasteiger partial charge in [-0.15, -0.1) is 0 Å². The summed E-state index contributed by atoms with van der Waals surface area (Å²) in [4.78, 5) is 25.0. The highest BCUT2D eigenvalue weighted by molar-refractivity contribution is 7.99. The summed E-state index contributed by atoms with van der Waals surface area (Å²) < 4.78 is 0. The van der Waals surface area contributed by atoms with Crippen LogP contribution in [0.3, 0.4) is 0 Å². The van der Waals surface area contributed by atoms with Gasteiger partial charge in [-0.25, -0.2) is 4.79 Å². The van der Waals surface area contributed by atoms with Crippen molar-refractivity contribution in [1.82, 2.24) is 4.90 Å². The molecule has 1 fully saturated rings. The summed E-state index contributed by atoms with van der Waals surface area (Å²) in [7, 11) is 0. The molecule has 0 radical (unpaired) electrons. The first-order valence-corrected chi connectivity index (χ1v) is 7.08. The van der Waals surface area contributed by atoms with Crippen molar-refractivity contribution in [2.75, 3.05) is 18.1 Å². The third-order valence-corrected chi connectivity index (χ3v) is 4.23. The lowest BCUT2D eigenvalue weighted by atomic mass is 10.1. The first-order valence-electron chi connectivity index (χ1n) is 5.92. The molecule has 1 atom stereocenters. The number of benzene rings is 1. The number of nitrogens with zero attached hydrogens (tertiary/aromatic N) is 1. The van der Waals surface area contributed by atoms with Gasteiger partial charge in [-0.2, -0.15) is 11.8 Å². The molecule has 1 unspecified atom stereocenters. The van der Waals surface area contributed by atoms with Crippen molar-refractivity contribution in [3.63, 3.8) is 0 Å². The van der Waals surface area contributed by atoms with Gasteiger partial charge in [-0.05, 0) is 19.1 Å². The van der Waals surface area contributed by atoms with E-state index in [0.717, 1.165) is 5.75 Å². The van der Waals surface area contributed by atoms with Crippen LogP contribution in [0.25, 0.3) is 0 Å². The fourth-order valence-electron chi connectivity index (χ4n) is 2.06. The normalized spacial score (nSPS) is 19.2. The first-order chi connectivity index (χ1) is 9.02. The molecular weight excluding hydrogens is 266 g/mol. The third kappa shape index (κ3) is 2.68. The summed E-state index contributed by atoms with van der Waals surface area (Å²) in [6.07, 6.45) is 0. The SMILES string of the molecule is Cc1c(O)cccc1C(=O)N1CCSCC1C(=O)O. The molecule has 1 saturated heterocycles. The minimum atomic E-state index is -0.988. The Morgan fingerprint density at radius 1 is 1.42 bits per heavy atom. The summed E-state index contributed by atoms with van der Waals surface area (Å²) in [5, 5.41) is 18.8. The highest BCUT2D eigenvalue weighted by atomic mass is 32.2. The van der Waals surface area contributed by atoms with Crippen LogP contribution in [0.15, 0.2) is 18.2 Å². The molecule has 19 heavy (non-hydrogen) atoms. The zero-order valence-electron chi connectivity index (χ0n) is 10.5. The van der Waals surface area contributed by atoms with Gasteiger partial charge in [0, 0.05) is 29.2 Å². The summed E-state index contributed by atoms with van der Waals surface area (Å²) in [5.41, 5.74) is 0.841. The molecule has 0 saturated carbocycles. The molecule has 102 valence electrons. The van der Waals surface area contributed by atoms with Crippen LogP contribution in [0.2, 0.25) is 0 Å². The molecule has 0 spiro atoms. The lowest BCUT2D eigenvalue weighted by Crippen LogP contribution is -2.50. The number of carboxylic acid groups (broad SMARTS) is 1. The molecule has 5 nitrogen and oxygen atoms in total. The maximum absolute atomic E-state index is 12.4. The number of carbonyl (C=O) groups excluding carboxylic acids is 1. The number of hydrogen-bond acceptors (Lipinski definition) is 4. The Morgan fingerprint density at radius 3 is 2.84 bits per heavy atom. The van der Waals surface area contributed by atoms with E-state index in [1.165, 1.54) is 22.7 Å². The monoisotopic (exact) mass is 281 g/mol. The van der Waals surface area contributed by atoms with Gasteiger partial charge in [0.15, 0.2) is 0 Å². The molecule has 1 aromatic carbocycles. The van der Waals surface area contributed by atoms with E-state index in [-0.39, 0.29) is 11.7 Å². The Kier molecular flexibility index (Phi) is 3.99. The van der Waals surface area contributed by atoms with Crippen molar-refractivity contribution in [1.29, 1.82) is 0 Å². The molecular formula is C13H15NO4S. The number of phenols is 1. The van der Waals surface area contributed by atoms with Crippen LogP contribution in [-0.2, 0) is 4.79 Å². The minimum absolute atomic E-state index is 0.0455. The number of aliphatic carboxylic acids is 1. The van der Waals surface area contributed by atoms with Crippen LogP contribution in [0, 0.1) is 6.92 Å². The molecule has 6 heteroatoms. The number of amides is 1. The quantitative estimate of drug-likeness (QED) is 0.855. The smallest absolute Gasteiger partial charge is 0.327 e. The second-order valence-electron chi connectivity index (χ2n) is 4.38. The minimum Gasteiger partial charge on any atom is -0.508 e. The summed E-state index contributed by atoms with van der Waals surface area (Å²) in [6, 6.07) is 3.91. The van der Waals surface area contributed by atoms with Gasteiger partial charge >= 0.3 is 5.97 Å². The average molecular weight is 281 g/mol. The fraction of sp³-hybridized carbons (Fsp3) is 0.385. The van der Waals surface area contributed by atoms with Crippen LogP contribution in [0.1, 0.15) is 15.9 Å². The van der Waals surface area contributed by atoms with E-state index in [0.29, 0.717) is 23.4 Å². The molecule has 1 heterocycles. The topological polar surface area (TPSA) is 77.8 Å². The highest BCUT2D eigenvalue weighted by Crippen LogP contribution is 2.24. The molecule has 1 amide bonds. The van der Waals surface area contributed by atoms with E-state index in [9.17, 15) is 19.8 Å². The summed E-state index contributed by atoms with van der Waals surface area (Å²) >= 11 is 1.53. The Labute approximate surface area is 115 Å². The van der Waals surface area contributed by atoms with Crippen LogP contribution in [0.5, 0.6) is 5.75 Å². The lowest BCUT2D eigenvalue weighted by Gasteiger charge is -2.33. The maximum Gasteiger partial charge on any atom is 0.327 e. The van der Waals surface area contributed by atoms with E-state index in [1.54, 1.807) is 19.1 Å². The zero-order valence-corrected chi connectivity index (χ0v) is 11.3. The summed E-state index contributed by atoms with van der Waals surface area (Å²) in [5.74, 6) is -0.143. The van der Waals surface area contributed by atoms with Crippen molar-refractivity contribution in [3.8, 4) is 5.75 Å². The van der Waals surface area contributed by atoms with Crippen LogP contribution >= 0.6 is 11.8 Å². The van der Waals surface area contributed by atoms with Gasteiger partial charge in [-0.3, -0.25) is 4.79 Å². The van der Waals surface area contributed by atoms with Crippen LogP contribution in [0.4, 0.5) is 0 Å². The number of hydrogen-bond donors (Lipinski definition) is 2. The molecule has 1 aromatic rings. The lowest BCUT2D eigenvalue weighted by molar-refractivity contribution is -0.141. The number of thioether (sulfide) groups is 1. The Hall–Kier alpha value is -1.69. The second-order valence-corrected chi connectivity index (χ2v) is 5.53. The second kappa shape index (κ2) is 5.52. The van der Waals surface area contributed by atoms with Crippen molar-refractivity contribution < 1.29 is 19.8 Å². The van der Waals surface area contributed by atoms with Gasteiger partial charge < -0.3 is 15.1 Å². The number of aromatic hydroxyl groups is 1. The van der Waals surface area contributed by atoms with E-state index in [4.69, 9.17) is 0 Å². The van der Waals surface area contributed by atoms with Gasteiger partial charge in [0.05, 0.1) is 0 Å². The largest absolute Gasteiger partial charge is 0.508 e. The van der Waals surface area contributed by atoms with E-state index in [2.05, 4.69) is 0 Å². The van der Waals surface area contributed by atoms with Gasteiger partial charge in [0.1, 0.15) is 11.8 Å². The molecule has 0 bridgehead atoms. The van der Waals surface area contributed by atoms with Crippen LogP contribution in [-0.4, -0.2) is 51.1 Å². The Balaban J connectivity index is 2.31. The summed E-state index contributed by atoms with van der Waals surface area (Å²) in [6.45, 7) is 2.06. The van der Waals surface area contributed by atoms with E-state index in [1.807, 2.05) is 0 Å². The van der Waals surface area contributed by atoms with Crippen LogP contribution < -0.4 is 0 Å². The fourth-order valence-corrected chi connectivity index (χ4v) is 3.10. The molecule has 1 aliphatic heterocycles. The van der Waals surface area contributed by atoms with Gasteiger partial charge in [0.2, 0.25) is 0 Å². The van der Waals surface area contributed by atoms with Gasteiger partial charge in [-0.1, -0.05) is 6.07 Å². The number of carboxylic acids is 1. The van der Waals surface area contributed by atoms with Crippen molar-refractivity contribution in [3.05, 3.63) is 29.3 Å². The van der Waals surface area contributed by atoms with Crippen molar-refractivity contribution >= 4 is 23.6 Å². The van der Waals surface area contributed by atoms with Crippen molar-refractivity contribution in [2.45, 2.75) is 13.0 Å². The molecule has 2 rings (SSSR count). The van der Waals surface area contributed by atoms with E-state index < -0.39 is 12.0 Å². The number of carbonyl (C=O) groups is 2. The first kappa shape index (κ1) is 13.7. The molecule has 2 N–H and O–H groups in total. The third-order valence-electron chi connectivity index (χ3n) is 3.21. The predicted molar refractivity (Wildman–Crippen MR) is 72.6 cm³/mol. The standard InChI is InChI=1S/C13H15NO4S/c1-8-9(3-2-4-11(8)15)12(16)14-5-6-19-7-10(14)13(17)18/h2-4,10,15H,5-7H2,1H3,(H,17,18).